The van der Waals surface area contributed by atoms with Gasteiger partial charge in [-0.1, -0.05) is 104 Å². The van der Waals surface area contributed by atoms with Crippen LogP contribution in [-0.2, 0) is 12.8 Å². The lowest BCUT2D eigenvalue weighted by atomic mass is 9.98. The Morgan fingerprint density at radius 3 is 0.917 bits per heavy atom. The highest BCUT2D eigenvalue weighted by molar-refractivity contribution is 6.35. The van der Waals surface area contributed by atoms with E-state index >= 15 is 0 Å². The Balaban J connectivity index is 0.469. The molecule has 16 rings (SSSR count). The van der Waals surface area contributed by atoms with Crippen LogP contribution in [0.4, 0.5) is 45.5 Å². The Labute approximate surface area is 627 Å². The van der Waals surface area contributed by atoms with Crippen molar-refractivity contribution in [1.82, 2.24) is 0 Å². The van der Waals surface area contributed by atoms with Crippen LogP contribution in [0.5, 0.6) is 57.5 Å². The maximum Gasteiger partial charge on any atom is 0.266 e. The van der Waals surface area contributed by atoms with Crippen molar-refractivity contribution in [3.05, 3.63) is 372 Å². The van der Waals surface area contributed by atoms with Crippen LogP contribution in [0, 0.1) is 6.92 Å². The maximum atomic E-state index is 14.0. The number of aryl methyl sites for hydroxylation is 2. The van der Waals surface area contributed by atoms with Gasteiger partial charge in [0.25, 0.3) is 23.6 Å². The first-order valence-electron chi connectivity index (χ1n) is 35.2. The monoisotopic (exact) mass is 1420 g/mol. The average molecular weight is 1430 g/mol. The van der Waals surface area contributed by atoms with Crippen molar-refractivity contribution in [2.75, 3.05) is 9.80 Å². The second-order valence-corrected chi connectivity index (χ2v) is 25.9. The average Bonchev–Trinajstić information content (AvgIpc) is 1.61. The number of hydrogen-bond donors (Lipinski definition) is 0. The summed E-state index contributed by atoms with van der Waals surface area (Å²) in [6.07, 6.45) is 1.32. The molecule has 526 valence electrons. The molecule has 0 unspecified atom stereocenters. The Morgan fingerprint density at radius 2 is 0.532 bits per heavy atom. The molecule has 0 saturated heterocycles. The lowest BCUT2D eigenvalue weighted by Crippen LogP contribution is -2.29. The van der Waals surface area contributed by atoms with Gasteiger partial charge in [0.1, 0.15) is 57.5 Å². The molecule has 0 bridgehead atoms. The molecule has 2 heterocycles. The van der Waals surface area contributed by atoms with E-state index in [9.17, 15) is 19.2 Å². The summed E-state index contributed by atoms with van der Waals surface area (Å²) in [5.74, 6) is 4.57. The normalized spacial score (nSPS) is 12.5. The molecule has 0 fully saturated rings. The number of azo groups is 3. The summed E-state index contributed by atoms with van der Waals surface area (Å²) >= 11 is 0. The van der Waals surface area contributed by atoms with E-state index in [4.69, 9.17) is 23.7 Å². The molecule has 0 aromatic heterocycles. The predicted octanol–water partition coefficient (Wildman–Crippen LogP) is 25.3. The number of carbonyl (C=O) groups is 4. The molecule has 14 aromatic carbocycles. The van der Waals surface area contributed by atoms with Crippen LogP contribution in [0.25, 0.3) is 22.3 Å². The maximum absolute atomic E-state index is 14.0. The molecule has 0 saturated carbocycles. The Bertz CT molecular complexity index is 5840. The molecular formula is C92H64N8O9. The number of ether oxygens (including phenoxy) is 5. The molecule has 0 N–H and O–H groups in total. The lowest BCUT2D eigenvalue weighted by molar-refractivity contribution is 0.0910. The SMILES string of the molecule is CCc1ccc(Oc2ccc(/N=N/c3ccc(-c4ccc(Oc5ccc(/N=N/c6ccc(-c7ccc(Oc8ccc(/N=N/c9ccc(N%10C(=O)c%11ccc(Cc%12ccc%13c(c%12)C(=O)N(c%12cccc(Oc%14cccc(Oc%15cccc(C)c%15)c%14)c%12)C%13=O)cc%11C%10=O)cc9)cc8)cc7)cc6)cc5)cc4)cc3)cc2)cc1. The molecule has 17 heteroatoms. The number of fused-ring (bicyclic) bond motifs is 2. The van der Waals surface area contributed by atoms with Crippen LogP contribution >= 0.6 is 0 Å². The largest absolute Gasteiger partial charge is 0.457 e. The summed E-state index contributed by atoms with van der Waals surface area (Å²) in [5.41, 5.74) is 13.7. The molecule has 0 aliphatic carbocycles. The summed E-state index contributed by atoms with van der Waals surface area (Å²) in [6.45, 7) is 4.12. The van der Waals surface area contributed by atoms with Crippen LogP contribution < -0.4 is 33.5 Å². The molecule has 2 aliphatic rings. The zero-order chi connectivity index (χ0) is 74.2. The summed E-state index contributed by atoms with van der Waals surface area (Å²) < 4.78 is 30.5. The van der Waals surface area contributed by atoms with E-state index in [0.717, 1.165) is 78.0 Å². The second kappa shape index (κ2) is 30.8. The molecule has 17 nitrogen and oxygen atoms in total. The third-order valence-corrected chi connectivity index (χ3v) is 18.3. The Morgan fingerprint density at radius 1 is 0.248 bits per heavy atom. The van der Waals surface area contributed by atoms with Gasteiger partial charge in [-0.05, 0) is 283 Å². The minimum absolute atomic E-state index is 0.259. The van der Waals surface area contributed by atoms with Gasteiger partial charge in [0, 0.05) is 12.1 Å². The first kappa shape index (κ1) is 68.6. The van der Waals surface area contributed by atoms with Gasteiger partial charge < -0.3 is 23.7 Å². The fourth-order valence-electron chi connectivity index (χ4n) is 12.6. The van der Waals surface area contributed by atoms with Gasteiger partial charge in [-0.15, -0.1) is 0 Å². The molecule has 0 atom stereocenters. The summed E-state index contributed by atoms with van der Waals surface area (Å²) in [6, 6.07) is 101. The number of anilines is 2. The summed E-state index contributed by atoms with van der Waals surface area (Å²) in [7, 11) is 0. The number of nitrogens with zero attached hydrogens (tertiary/aromatic N) is 8. The minimum Gasteiger partial charge on any atom is -0.457 e. The van der Waals surface area contributed by atoms with E-state index in [-0.39, 0.29) is 22.3 Å². The minimum atomic E-state index is -0.471. The molecular weight excluding hydrogens is 1360 g/mol. The van der Waals surface area contributed by atoms with E-state index < -0.39 is 23.6 Å². The second-order valence-electron chi connectivity index (χ2n) is 25.9. The third-order valence-electron chi connectivity index (χ3n) is 18.3. The zero-order valence-electron chi connectivity index (χ0n) is 58.8. The number of hydrogen-bond acceptors (Lipinski definition) is 15. The summed E-state index contributed by atoms with van der Waals surface area (Å²) in [4.78, 5) is 57.8. The van der Waals surface area contributed by atoms with Crippen LogP contribution in [0.2, 0.25) is 0 Å². The Kier molecular flexibility index (Phi) is 19.4. The third kappa shape index (κ3) is 16.0. The van der Waals surface area contributed by atoms with Crippen LogP contribution in [0.3, 0.4) is 0 Å². The van der Waals surface area contributed by atoms with Crippen molar-refractivity contribution in [2.24, 2.45) is 30.7 Å². The van der Waals surface area contributed by atoms with Gasteiger partial charge in [-0.25, -0.2) is 9.80 Å². The number of imide groups is 2. The summed E-state index contributed by atoms with van der Waals surface area (Å²) in [5, 5.41) is 26.6. The van der Waals surface area contributed by atoms with Gasteiger partial charge in [0.05, 0.1) is 67.8 Å². The van der Waals surface area contributed by atoms with Gasteiger partial charge in [0.2, 0.25) is 0 Å². The van der Waals surface area contributed by atoms with E-state index in [1.165, 1.54) is 5.56 Å². The fourth-order valence-corrected chi connectivity index (χ4v) is 12.6. The first-order valence-corrected chi connectivity index (χ1v) is 35.2. The van der Waals surface area contributed by atoms with Crippen molar-refractivity contribution in [3.63, 3.8) is 0 Å². The molecule has 14 aromatic rings. The van der Waals surface area contributed by atoms with Gasteiger partial charge in [0.15, 0.2) is 0 Å². The fraction of sp³-hybridized carbons (Fsp3) is 0.0435. The van der Waals surface area contributed by atoms with Crippen molar-refractivity contribution in [1.29, 1.82) is 0 Å². The number of amides is 4. The number of benzene rings is 14. The van der Waals surface area contributed by atoms with Crippen molar-refractivity contribution >= 4 is 69.1 Å². The van der Waals surface area contributed by atoms with Gasteiger partial charge in [-0.3, -0.25) is 19.2 Å². The van der Waals surface area contributed by atoms with Crippen molar-refractivity contribution in [3.8, 4) is 79.7 Å². The van der Waals surface area contributed by atoms with E-state index in [1.807, 2.05) is 213 Å². The topological polar surface area (TPSA) is 195 Å². The highest BCUT2D eigenvalue weighted by Gasteiger charge is 2.39. The van der Waals surface area contributed by atoms with Crippen molar-refractivity contribution < 1.29 is 42.9 Å². The molecule has 109 heavy (non-hydrogen) atoms. The van der Waals surface area contributed by atoms with E-state index in [0.29, 0.717) is 86.5 Å². The van der Waals surface area contributed by atoms with Crippen LogP contribution in [-0.4, -0.2) is 23.6 Å². The molecule has 2 aliphatic heterocycles. The van der Waals surface area contributed by atoms with Crippen LogP contribution in [0.1, 0.15) is 70.6 Å². The number of carbonyl (C=O) groups excluding carboxylic acids is 4. The number of rotatable bonds is 23. The predicted molar refractivity (Wildman–Crippen MR) is 420 cm³/mol. The first-order chi connectivity index (χ1) is 53.4. The molecule has 0 radical (unpaired) electrons. The van der Waals surface area contributed by atoms with Gasteiger partial charge >= 0.3 is 0 Å². The Hall–Kier alpha value is -14.8. The quantitative estimate of drug-likeness (QED) is 0.0442. The standard InChI is InChI=1S/C92H64N8O9/c1-3-60-13-39-75(40-14-60)105-78-45-31-70(32-46-78)96-93-67-25-17-63(18-26-67)65-21-41-76(42-22-65)106-79-47-33-71(34-48-79)97-94-68-27-19-64(20-28-68)66-23-43-77(44-24-66)107-80-49-35-72(36-50-80)98-95-69-29-37-73(38-30-69)99-89(101)85-51-15-61(55-87(85)91(99)103)54-62-16-52-86-88(56-62)92(104)100(90(86)102)74-8-5-10-82(57-74)109-84-12-6-11-83(58-84)108-81-9-4-7-59(2)53-81/h4-53,55-58H,3,54H2,1-2H3/b96-93+,97-94+,98-95+. The zero-order valence-corrected chi connectivity index (χ0v) is 58.8. The molecule has 0 spiro atoms. The van der Waals surface area contributed by atoms with E-state index in [1.54, 1.807) is 109 Å². The van der Waals surface area contributed by atoms with Gasteiger partial charge in [-0.2, -0.15) is 30.7 Å². The lowest BCUT2D eigenvalue weighted by Gasteiger charge is -2.15. The molecule has 4 amide bonds. The smallest absolute Gasteiger partial charge is 0.266 e. The highest BCUT2D eigenvalue weighted by Crippen LogP contribution is 2.39. The van der Waals surface area contributed by atoms with Crippen LogP contribution in [0.15, 0.2) is 358 Å². The highest BCUT2D eigenvalue weighted by atomic mass is 16.5. The van der Waals surface area contributed by atoms with Crippen molar-refractivity contribution in [2.45, 2.75) is 26.7 Å². The van der Waals surface area contributed by atoms with E-state index in [2.05, 4.69) is 49.7 Å².